The van der Waals surface area contributed by atoms with E-state index in [0.29, 0.717) is 0 Å². The fourth-order valence-corrected chi connectivity index (χ4v) is 4.26. The zero-order valence-corrected chi connectivity index (χ0v) is 17.8. The van der Waals surface area contributed by atoms with E-state index in [1.165, 1.54) is 4.70 Å². The minimum absolute atomic E-state index is 0.153. The first-order chi connectivity index (χ1) is 14.6. The Labute approximate surface area is 179 Å². The van der Waals surface area contributed by atoms with Gasteiger partial charge in [-0.1, -0.05) is 6.07 Å². The van der Waals surface area contributed by atoms with Gasteiger partial charge in [0, 0.05) is 51.6 Å². The molecule has 5 rings (SSSR count). The molecule has 8 heteroatoms. The van der Waals surface area contributed by atoms with Gasteiger partial charge in [0.05, 0.1) is 33.3 Å². The summed E-state index contributed by atoms with van der Waals surface area (Å²) in [5, 5.41) is 2.68. The van der Waals surface area contributed by atoms with Crippen molar-refractivity contribution in [2.24, 2.45) is 0 Å². The first-order valence-electron chi connectivity index (χ1n) is 10.2. The maximum absolute atomic E-state index is 11.4. The van der Waals surface area contributed by atoms with Crippen LogP contribution in [0, 0.1) is 0 Å². The van der Waals surface area contributed by atoms with Crippen LogP contribution >= 0.6 is 11.3 Å². The van der Waals surface area contributed by atoms with E-state index in [2.05, 4.69) is 50.5 Å². The molecule has 2 aliphatic heterocycles. The van der Waals surface area contributed by atoms with Gasteiger partial charge in [-0.2, -0.15) is 0 Å². The Hall–Kier alpha value is -3.00. The highest BCUT2D eigenvalue weighted by Gasteiger charge is 2.19. The number of carbonyl (C=O) groups excluding carboxylic acids is 2. The molecule has 2 saturated heterocycles. The van der Waals surface area contributed by atoms with Gasteiger partial charge < -0.3 is 15.1 Å². The van der Waals surface area contributed by atoms with E-state index in [-0.39, 0.29) is 11.8 Å². The third-order valence-electron chi connectivity index (χ3n) is 5.37. The Morgan fingerprint density at radius 3 is 2.53 bits per heavy atom. The summed E-state index contributed by atoms with van der Waals surface area (Å²) < 4.78 is 1.19. The van der Waals surface area contributed by atoms with Crippen molar-refractivity contribution < 1.29 is 9.59 Å². The first-order valence-corrected chi connectivity index (χ1v) is 11.0. The summed E-state index contributed by atoms with van der Waals surface area (Å²) >= 11 is 1.65. The molecule has 30 heavy (non-hydrogen) atoms. The average Bonchev–Trinajstić information content (AvgIpc) is 3.45. The first kappa shape index (κ1) is 20.3. The van der Waals surface area contributed by atoms with Crippen LogP contribution in [0.4, 0.5) is 5.69 Å². The number of piperazine rings is 1. The largest absolute Gasteiger partial charge is 0.367 e. The number of fused-ring (bicyclic) bond motifs is 1. The van der Waals surface area contributed by atoms with Crippen LogP contribution in [-0.4, -0.2) is 59.4 Å². The van der Waals surface area contributed by atoms with Gasteiger partial charge in [-0.25, -0.2) is 4.98 Å². The number of carbonyl (C=O) groups is 2. The minimum Gasteiger partial charge on any atom is -0.367 e. The molecule has 3 aromatic rings. The zero-order valence-electron chi connectivity index (χ0n) is 17.0. The number of anilines is 1. The number of nitrogens with zero attached hydrogens (tertiary/aromatic N) is 4. The maximum atomic E-state index is 11.4. The SMILES string of the molecule is CC(=O)N1CCN(c2ccc(-c3ccc4scnc4c3)nc2)CC1.O=C1CCCN1. The summed E-state index contributed by atoms with van der Waals surface area (Å²) in [5.74, 6) is 0.357. The van der Waals surface area contributed by atoms with E-state index in [1.807, 2.05) is 16.6 Å². The van der Waals surface area contributed by atoms with Crippen LogP contribution in [0.3, 0.4) is 0 Å². The van der Waals surface area contributed by atoms with E-state index in [9.17, 15) is 9.59 Å². The van der Waals surface area contributed by atoms with E-state index >= 15 is 0 Å². The van der Waals surface area contributed by atoms with Gasteiger partial charge in [-0.15, -0.1) is 11.3 Å². The number of thiazole rings is 1. The number of amides is 2. The molecule has 1 aromatic carbocycles. The van der Waals surface area contributed by atoms with Gasteiger partial charge in [-0.05, 0) is 30.7 Å². The highest BCUT2D eigenvalue weighted by atomic mass is 32.1. The predicted molar refractivity (Wildman–Crippen MR) is 120 cm³/mol. The van der Waals surface area contributed by atoms with E-state index in [0.717, 1.165) is 68.0 Å². The molecule has 156 valence electrons. The van der Waals surface area contributed by atoms with Gasteiger partial charge in [-0.3, -0.25) is 14.6 Å². The summed E-state index contributed by atoms with van der Waals surface area (Å²) in [6.45, 7) is 5.77. The average molecular weight is 424 g/mol. The van der Waals surface area contributed by atoms with Crippen LogP contribution in [0.15, 0.2) is 42.0 Å². The Kier molecular flexibility index (Phi) is 6.23. The standard InChI is InChI=1S/C18H18N4OS.C4H7NO/c1-13(23)21-6-8-22(9-7-21)15-3-4-16(19-11-15)14-2-5-18-17(10-14)20-12-24-18;6-4-2-1-3-5-4/h2-5,10-12H,6-9H2,1H3;1-3H2,(H,5,6). The molecule has 0 spiro atoms. The Bertz CT molecular complexity index is 1020. The molecule has 0 bridgehead atoms. The second-order valence-corrected chi connectivity index (χ2v) is 8.27. The molecule has 2 aliphatic rings. The van der Waals surface area contributed by atoms with Crippen LogP contribution in [0.2, 0.25) is 0 Å². The number of pyridine rings is 1. The van der Waals surface area contributed by atoms with Crippen LogP contribution in [0.25, 0.3) is 21.5 Å². The molecule has 0 atom stereocenters. The number of rotatable bonds is 2. The maximum Gasteiger partial charge on any atom is 0.220 e. The predicted octanol–water partition coefficient (Wildman–Crippen LogP) is 2.92. The molecule has 2 amide bonds. The highest BCUT2D eigenvalue weighted by molar-refractivity contribution is 7.16. The van der Waals surface area contributed by atoms with Crippen LogP contribution in [0.5, 0.6) is 0 Å². The molecule has 2 fully saturated rings. The quantitative estimate of drug-likeness (QED) is 0.686. The van der Waals surface area contributed by atoms with Crippen molar-refractivity contribution in [3.8, 4) is 11.3 Å². The van der Waals surface area contributed by atoms with Crippen molar-refractivity contribution in [2.75, 3.05) is 37.6 Å². The molecule has 2 aromatic heterocycles. The summed E-state index contributed by atoms with van der Waals surface area (Å²) in [6, 6.07) is 10.4. The Balaban J connectivity index is 0.000000313. The van der Waals surface area contributed by atoms with Crippen molar-refractivity contribution in [3.63, 3.8) is 0 Å². The number of aromatic nitrogens is 2. The fraction of sp³-hybridized carbons (Fsp3) is 0.364. The highest BCUT2D eigenvalue weighted by Crippen LogP contribution is 2.26. The molecular formula is C22H25N5O2S. The van der Waals surface area contributed by atoms with Crippen molar-refractivity contribution in [3.05, 3.63) is 42.0 Å². The summed E-state index contributed by atoms with van der Waals surface area (Å²) in [5.41, 5.74) is 6.03. The van der Waals surface area contributed by atoms with Gasteiger partial charge in [0.1, 0.15) is 0 Å². The van der Waals surface area contributed by atoms with Crippen molar-refractivity contribution in [1.82, 2.24) is 20.2 Å². The third kappa shape index (κ3) is 4.76. The van der Waals surface area contributed by atoms with Gasteiger partial charge in [0.2, 0.25) is 11.8 Å². The smallest absolute Gasteiger partial charge is 0.220 e. The fourth-order valence-electron chi connectivity index (χ4n) is 3.61. The third-order valence-corrected chi connectivity index (χ3v) is 6.18. The Morgan fingerprint density at radius 1 is 1.10 bits per heavy atom. The van der Waals surface area contributed by atoms with Gasteiger partial charge >= 0.3 is 0 Å². The summed E-state index contributed by atoms with van der Waals surface area (Å²) in [7, 11) is 0. The van der Waals surface area contributed by atoms with Crippen molar-refractivity contribution >= 4 is 39.1 Å². The molecular weight excluding hydrogens is 398 g/mol. The lowest BCUT2D eigenvalue weighted by molar-refractivity contribution is -0.129. The summed E-state index contributed by atoms with van der Waals surface area (Å²) in [4.78, 5) is 34.7. The minimum atomic E-state index is 0.153. The number of hydrogen-bond donors (Lipinski definition) is 1. The lowest BCUT2D eigenvalue weighted by Gasteiger charge is -2.35. The van der Waals surface area contributed by atoms with Crippen LogP contribution in [0.1, 0.15) is 19.8 Å². The molecule has 0 radical (unpaired) electrons. The zero-order chi connectivity index (χ0) is 20.9. The Morgan fingerprint density at radius 2 is 1.93 bits per heavy atom. The van der Waals surface area contributed by atoms with E-state index < -0.39 is 0 Å². The van der Waals surface area contributed by atoms with E-state index in [1.54, 1.807) is 18.3 Å². The van der Waals surface area contributed by atoms with Gasteiger partial charge in [0.15, 0.2) is 0 Å². The second kappa shape index (κ2) is 9.21. The molecule has 7 nitrogen and oxygen atoms in total. The number of nitrogens with one attached hydrogen (secondary N) is 1. The van der Waals surface area contributed by atoms with Gasteiger partial charge in [0.25, 0.3) is 0 Å². The normalized spacial score (nSPS) is 16.2. The number of hydrogen-bond acceptors (Lipinski definition) is 6. The summed E-state index contributed by atoms with van der Waals surface area (Å²) in [6.07, 6.45) is 3.68. The lowest BCUT2D eigenvalue weighted by atomic mass is 10.1. The molecule has 4 heterocycles. The van der Waals surface area contributed by atoms with Crippen LogP contribution < -0.4 is 10.2 Å². The monoisotopic (exact) mass is 423 g/mol. The van der Waals surface area contributed by atoms with E-state index in [4.69, 9.17) is 0 Å². The van der Waals surface area contributed by atoms with Crippen molar-refractivity contribution in [2.45, 2.75) is 19.8 Å². The van der Waals surface area contributed by atoms with Crippen LogP contribution in [-0.2, 0) is 9.59 Å². The molecule has 0 saturated carbocycles. The molecule has 0 unspecified atom stereocenters. The van der Waals surface area contributed by atoms with Crippen molar-refractivity contribution in [1.29, 1.82) is 0 Å². The second-order valence-electron chi connectivity index (χ2n) is 7.38. The number of benzene rings is 1. The topological polar surface area (TPSA) is 78.4 Å². The molecule has 1 N–H and O–H groups in total. The lowest BCUT2D eigenvalue weighted by Crippen LogP contribution is -2.48. The molecule has 0 aliphatic carbocycles.